The van der Waals surface area contributed by atoms with Crippen LogP contribution in [0.1, 0.15) is 49.1 Å². The SMILES string of the molecule is NC(=O)Cc1cc(-c2cccs2)cc2c(C3CCN(S(=O)(=O)CCCN4CCCC4)CC3)c[nH]c12. The summed E-state index contributed by atoms with van der Waals surface area (Å²) in [7, 11) is -3.22. The Morgan fingerprint density at radius 2 is 1.91 bits per heavy atom. The minimum Gasteiger partial charge on any atom is -0.369 e. The van der Waals surface area contributed by atoms with Gasteiger partial charge in [-0.1, -0.05) is 6.07 Å². The molecule has 0 aliphatic carbocycles. The minimum atomic E-state index is -3.22. The number of hydrogen-bond donors (Lipinski definition) is 2. The van der Waals surface area contributed by atoms with Gasteiger partial charge in [-0.2, -0.15) is 0 Å². The number of primary amides is 1. The normalized spacial score (nSPS) is 18.5. The van der Waals surface area contributed by atoms with Crippen molar-refractivity contribution >= 4 is 38.2 Å². The highest BCUT2D eigenvalue weighted by atomic mass is 32.2. The van der Waals surface area contributed by atoms with Gasteiger partial charge >= 0.3 is 0 Å². The highest BCUT2D eigenvalue weighted by molar-refractivity contribution is 7.89. The van der Waals surface area contributed by atoms with Gasteiger partial charge in [0.05, 0.1) is 12.2 Å². The molecule has 1 amide bonds. The molecule has 188 valence electrons. The van der Waals surface area contributed by atoms with Crippen molar-refractivity contribution in [3.05, 3.63) is 47.0 Å². The van der Waals surface area contributed by atoms with E-state index in [0.717, 1.165) is 59.4 Å². The standard InChI is InChI=1S/C26H34N4O3S2/c27-25(31)17-21-15-20(24-5-3-13-34-24)16-22-23(18-28-26(21)22)19-6-11-30(12-7-19)35(32,33)14-4-10-29-8-1-2-9-29/h3,5,13,15-16,18-19,28H,1-2,4,6-12,14,17H2,(H2,27,31). The summed E-state index contributed by atoms with van der Waals surface area (Å²) >= 11 is 1.67. The van der Waals surface area contributed by atoms with Gasteiger partial charge in [-0.3, -0.25) is 4.79 Å². The number of amides is 1. The second-order valence-corrected chi connectivity index (χ2v) is 12.9. The van der Waals surface area contributed by atoms with E-state index < -0.39 is 10.0 Å². The number of carbonyl (C=O) groups excluding carboxylic acids is 1. The lowest BCUT2D eigenvalue weighted by molar-refractivity contribution is -0.117. The Morgan fingerprint density at radius 1 is 1.14 bits per heavy atom. The van der Waals surface area contributed by atoms with Crippen LogP contribution in [0.25, 0.3) is 21.3 Å². The molecule has 0 radical (unpaired) electrons. The van der Waals surface area contributed by atoms with Crippen LogP contribution >= 0.6 is 11.3 Å². The summed E-state index contributed by atoms with van der Waals surface area (Å²) in [6.07, 6.45) is 6.99. The Balaban J connectivity index is 1.30. The molecule has 2 aliphatic heterocycles. The lowest BCUT2D eigenvalue weighted by Crippen LogP contribution is -2.39. The van der Waals surface area contributed by atoms with Crippen molar-refractivity contribution in [2.45, 2.75) is 44.4 Å². The summed E-state index contributed by atoms with van der Waals surface area (Å²) in [6.45, 7) is 4.20. The molecule has 9 heteroatoms. The second-order valence-electron chi connectivity index (χ2n) is 9.81. The predicted octanol–water partition coefficient (Wildman–Crippen LogP) is 3.92. The number of piperidine rings is 1. The monoisotopic (exact) mass is 514 g/mol. The van der Waals surface area contributed by atoms with E-state index in [1.165, 1.54) is 18.4 Å². The molecule has 2 aromatic heterocycles. The number of benzene rings is 1. The molecule has 35 heavy (non-hydrogen) atoms. The Hall–Kier alpha value is -2.20. The number of nitrogens with two attached hydrogens (primary N) is 1. The molecule has 0 saturated carbocycles. The van der Waals surface area contributed by atoms with Crippen molar-refractivity contribution in [3.8, 4) is 10.4 Å². The van der Waals surface area contributed by atoms with Gasteiger partial charge in [0, 0.05) is 35.1 Å². The van der Waals surface area contributed by atoms with Gasteiger partial charge < -0.3 is 15.6 Å². The number of fused-ring (bicyclic) bond motifs is 1. The topological polar surface area (TPSA) is 99.5 Å². The van der Waals surface area contributed by atoms with E-state index >= 15 is 0 Å². The van der Waals surface area contributed by atoms with Crippen molar-refractivity contribution in [2.24, 2.45) is 5.73 Å². The van der Waals surface area contributed by atoms with Gasteiger partial charge in [0.25, 0.3) is 0 Å². The zero-order chi connectivity index (χ0) is 24.4. The largest absolute Gasteiger partial charge is 0.369 e. The molecule has 0 unspecified atom stereocenters. The van der Waals surface area contributed by atoms with Crippen molar-refractivity contribution in [2.75, 3.05) is 38.5 Å². The zero-order valence-corrected chi connectivity index (χ0v) is 21.7. The third kappa shape index (κ3) is 5.48. The van der Waals surface area contributed by atoms with Crippen LogP contribution in [0.2, 0.25) is 0 Å². The molecule has 1 aromatic carbocycles. The molecular formula is C26H34N4O3S2. The summed E-state index contributed by atoms with van der Waals surface area (Å²) < 4.78 is 27.6. The number of nitrogens with one attached hydrogen (secondary N) is 1. The average molecular weight is 515 g/mol. The van der Waals surface area contributed by atoms with E-state index in [9.17, 15) is 13.2 Å². The number of carbonyl (C=O) groups is 1. The second kappa shape index (κ2) is 10.4. The van der Waals surface area contributed by atoms with E-state index in [4.69, 9.17) is 5.73 Å². The third-order valence-corrected chi connectivity index (χ3v) is 10.3. The minimum absolute atomic E-state index is 0.184. The van der Waals surface area contributed by atoms with Gasteiger partial charge in [0.1, 0.15) is 0 Å². The molecule has 7 nitrogen and oxygen atoms in total. The number of thiophene rings is 1. The summed E-state index contributed by atoms with van der Waals surface area (Å²) in [5.41, 5.74) is 9.69. The highest BCUT2D eigenvalue weighted by Crippen LogP contribution is 2.38. The van der Waals surface area contributed by atoms with Crippen LogP contribution in [0.5, 0.6) is 0 Å². The molecule has 0 atom stereocenters. The first-order valence-corrected chi connectivity index (χ1v) is 15.1. The molecule has 5 rings (SSSR count). The number of aromatic nitrogens is 1. The van der Waals surface area contributed by atoms with Gasteiger partial charge in [0.15, 0.2) is 0 Å². The predicted molar refractivity (Wildman–Crippen MR) is 142 cm³/mol. The first kappa shape index (κ1) is 24.5. The van der Waals surface area contributed by atoms with Crippen molar-refractivity contribution in [1.82, 2.24) is 14.2 Å². The van der Waals surface area contributed by atoms with E-state index in [1.807, 2.05) is 17.6 Å². The Morgan fingerprint density at radius 3 is 2.60 bits per heavy atom. The summed E-state index contributed by atoms with van der Waals surface area (Å²) in [5, 5.41) is 3.16. The fourth-order valence-corrected chi connectivity index (χ4v) is 7.86. The highest BCUT2D eigenvalue weighted by Gasteiger charge is 2.30. The fraction of sp³-hybridized carbons (Fsp3) is 0.500. The number of nitrogens with zero attached hydrogens (tertiary/aromatic N) is 2. The molecule has 3 aromatic rings. The third-order valence-electron chi connectivity index (χ3n) is 7.44. The van der Waals surface area contributed by atoms with Crippen LogP contribution in [0.3, 0.4) is 0 Å². The van der Waals surface area contributed by atoms with Crippen LogP contribution in [0.15, 0.2) is 35.8 Å². The molecule has 0 spiro atoms. The fourth-order valence-electron chi connectivity index (χ4n) is 5.63. The van der Waals surface area contributed by atoms with E-state index in [0.29, 0.717) is 19.5 Å². The van der Waals surface area contributed by atoms with Gasteiger partial charge in [-0.05, 0) is 97.9 Å². The van der Waals surface area contributed by atoms with Crippen LogP contribution in [-0.2, 0) is 21.2 Å². The molecule has 2 aliphatic rings. The Kier molecular flexibility index (Phi) is 7.29. The van der Waals surface area contributed by atoms with Crippen LogP contribution < -0.4 is 5.73 Å². The van der Waals surface area contributed by atoms with Crippen molar-refractivity contribution < 1.29 is 13.2 Å². The van der Waals surface area contributed by atoms with Crippen LogP contribution in [-0.4, -0.2) is 67.0 Å². The number of sulfonamides is 1. The number of H-pyrrole nitrogens is 1. The summed E-state index contributed by atoms with van der Waals surface area (Å²) in [5.74, 6) is 0.163. The lowest BCUT2D eigenvalue weighted by Gasteiger charge is -2.31. The first-order valence-electron chi connectivity index (χ1n) is 12.6. The van der Waals surface area contributed by atoms with E-state index in [-0.39, 0.29) is 24.0 Å². The molecule has 2 fully saturated rings. The maximum absolute atomic E-state index is 12.9. The Bertz CT molecular complexity index is 1270. The average Bonchev–Trinajstić information content (AvgIpc) is 3.60. The molecule has 4 heterocycles. The van der Waals surface area contributed by atoms with Gasteiger partial charge in [0.2, 0.25) is 15.9 Å². The molecule has 2 saturated heterocycles. The van der Waals surface area contributed by atoms with Crippen LogP contribution in [0, 0.1) is 0 Å². The van der Waals surface area contributed by atoms with Crippen molar-refractivity contribution in [1.29, 1.82) is 0 Å². The number of likely N-dealkylation sites (tertiary alicyclic amines) is 1. The smallest absolute Gasteiger partial charge is 0.221 e. The first-order chi connectivity index (χ1) is 16.9. The van der Waals surface area contributed by atoms with E-state index in [2.05, 4.69) is 28.1 Å². The number of hydrogen-bond acceptors (Lipinski definition) is 5. The summed E-state index contributed by atoms with van der Waals surface area (Å²) in [4.78, 5) is 18.7. The molecular weight excluding hydrogens is 480 g/mol. The number of aromatic amines is 1. The van der Waals surface area contributed by atoms with Gasteiger partial charge in [-0.15, -0.1) is 11.3 Å². The maximum Gasteiger partial charge on any atom is 0.221 e. The quantitative estimate of drug-likeness (QED) is 0.452. The molecule has 0 bridgehead atoms. The van der Waals surface area contributed by atoms with Crippen LogP contribution in [0.4, 0.5) is 0 Å². The Labute approximate surface area is 211 Å². The zero-order valence-electron chi connectivity index (χ0n) is 20.0. The summed E-state index contributed by atoms with van der Waals surface area (Å²) in [6, 6.07) is 8.35. The lowest BCUT2D eigenvalue weighted by atomic mass is 9.89. The molecule has 3 N–H and O–H groups in total. The van der Waals surface area contributed by atoms with E-state index in [1.54, 1.807) is 15.6 Å². The maximum atomic E-state index is 12.9. The van der Waals surface area contributed by atoms with Crippen molar-refractivity contribution in [3.63, 3.8) is 0 Å². The van der Waals surface area contributed by atoms with Gasteiger partial charge in [-0.25, -0.2) is 12.7 Å². The number of rotatable bonds is 9.